The van der Waals surface area contributed by atoms with Crippen LogP contribution < -0.4 is 5.32 Å². The maximum absolute atomic E-state index is 11.4. The van der Waals surface area contributed by atoms with Crippen LogP contribution in [0.5, 0.6) is 0 Å². The molecule has 1 aromatic heterocycles. The van der Waals surface area contributed by atoms with E-state index in [2.05, 4.69) is 15.3 Å². The fraction of sp³-hybridized carbons (Fsp3) is 0.786. The van der Waals surface area contributed by atoms with Crippen molar-refractivity contribution in [2.75, 3.05) is 25.0 Å². The third-order valence-electron chi connectivity index (χ3n) is 4.70. The Balaban J connectivity index is 1.91. The lowest BCUT2D eigenvalue weighted by Crippen LogP contribution is -2.53. The van der Waals surface area contributed by atoms with Gasteiger partial charge < -0.3 is 10.2 Å². The van der Waals surface area contributed by atoms with Crippen molar-refractivity contribution in [2.24, 2.45) is 5.92 Å². The van der Waals surface area contributed by atoms with E-state index in [0.717, 1.165) is 19.6 Å². The molecular formula is C14H23N5O2. The van der Waals surface area contributed by atoms with Crippen LogP contribution in [0.2, 0.25) is 0 Å². The molecule has 3 aliphatic heterocycles. The van der Waals surface area contributed by atoms with Crippen molar-refractivity contribution in [3.8, 4) is 0 Å². The molecule has 1 N–H and O–H groups in total. The number of hydrogen-bond donors (Lipinski definition) is 1. The lowest BCUT2D eigenvalue weighted by molar-refractivity contribution is -0.384. The van der Waals surface area contributed by atoms with Gasteiger partial charge in [-0.25, -0.2) is 4.68 Å². The van der Waals surface area contributed by atoms with Crippen LogP contribution in [0.4, 0.5) is 11.5 Å². The van der Waals surface area contributed by atoms with Crippen LogP contribution in [0.25, 0.3) is 0 Å². The second kappa shape index (κ2) is 5.29. The van der Waals surface area contributed by atoms with Gasteiger partial charge >= 0.3 is 5.69 Å². The first-order valence-corrected chi connectivity index (χ1v) is 7.69. The summed E-state index contributed by atoms with van der Waals surface area (Å²) in [7, 11) is 0. The van der Waals surface area contributed by atoms with Gasteiger partial charge in [0.25, 0.3) is 0 Å². The summed E-state index contributed by atoms with van der Waals surface area (Å²) < 4.78 is 1.76. The maximum Gasteiger partial charge on any atom is 0.333 e. The van der Waals surface area contributed by atoms with Crippen molar-refractivity contribution in [1.29, 1.82) is 0 Å². The number of hydrogen-bond acceptors (Lipinski definition) is 5. The number of nitrogens with zero attached hydrogens (tertiary/aromatic N) is 4. The van der Waals surface area contributed by atoms with Crippen molar-refractivity contribution in [3.63, 3.8) is 0 Å². The second-order valence-corrected chi connectivity index (χ2v) is 6.47. The highest BCUT2D eigenvalue weighted by atomic mass is 16.6. The van der Waals surface area contributed by atoms with Crippen LogP contribution in [-0.4, -0.2) is 45.3 Å². The van der Waals surface area contributed by atoms with Crippen LogP contribution in [0.1, 0.15) is 38.4 Å². The Bertz CT molecular complexity index is 546. The molecule has 0 aliphatic carbocycles. The van der Waals surface area contributed by atoms with Gasteiger partial charge in [0, 0.05) is 18.6 Å². The summed E-state index contributed by atoms with van der Waals surface area (Å²) >= 11 is 0. The summed E-state index contributed by atoms with van der Waals surface area (Å²) in [6, 6.07) is 0.390. The maximum atomic E-state index is 11.4. The number of nitro groups is 1. The van der Waals surface area contributed by atoms with E-state index in [1.54, 1.807) is 11.6 Å². The summed E-state index contributed by atoms with van der Waals surface area (Å²) in [4.78, 5) is 13.5. The van der Waals surface area contributed by atoms with Gasteiger partial charge in [-0.1, -0.05) is 0 Å². The minimum Gasteiger partial charge on any atom is -0.360 e. The highest BCUT2D eigenvalue weighted by molar-refractivity contribution is 5.60. The second-order valence-electron chi connectivity index (χ2n) is 6.47. The summed E-state index contributed by atoms with van der Waals surface area (Å²) in [6.45, 7) is 9.00. The number of anilines is 1. The Hall–Kier alpha value is -1.63. The molecule has 1 aromatic rings. The first kappa shape index (κ1) is 14.3. The average Bonchev–Trinajstić information content (AvgIpc) is 2.77. The van der Waals surface area contributed by atoms with Crippen molar-refractivity contribution < 1.29 is 4.92 Å². The number of fused-ring (bicyclic) bond motifs is 3. The fourth-order valence-corrected chi connectivity index (χ4v) is 3.57. The molecule has 4 heterocycles. The minimum atomic E-state index is -0.315. The summed E-state index contributed by atoms with van der Waals surface area (Å²) in [6.07, 6.45) is 2.36. The molecule has 3 fully saturated rings. The molecule has 2 bridgehead atoms. The first-order chi connectivity index (χ1) is 9.97. The highest BCUT2D eigenvalue weighted by Gasteiger charge is 2.37. The van der Waals surface area contributed by atoms with E-state index < -0.39 is 0 Å². The van der Waals surface area contributed by atoms with Gasteiger partial charge in [0.2, 0.25) is 5.82 Å². The largest absolute Gasteiger partial charge is 0.360 e. The van der Waals surface area contributed by atoms with E-state index in [-0.39, 0.29) is 16.7 Å². The summed E-state index contributed by atoms with van der Waals surface area (Å²) in [5.41, 5.74) is 0.609. The molecule has 1 unspecified atom stereocenters. The van der Waals surface area contributed by atoms with Gasteiger partial charge in [-0.15, -0.1) is 0 Å². The molecule has 116 valence electrons. The van der Waals surface area contributed by atoms with Gasteiger partial charge in [-0.2, -0.15) is 5.10 Å². The smallest absolute Gasteiger partial charge is 0.333 e. The molecule has 7 heteroatoms. The predicted octanol–water partition coefficient (Wildman–Crippen LogP) is 2.19. The van der Waals surface area contributed by atoms with Crippen LogP contribution in [0, 0.1) is 23.0 Å². The SMILES string of the molecule is Cc1nn(C(C)C)c(NC2CN3CCC2CC3)c1[N+](=O)[O-]. The monoisotopic (exact) mass is 293 g/mol. The topological polar surface area (TPSA) is 76.2 Å². The van der Waals surface area contributed by atoms with Gasteiger partial charge in [0.15, 0.2) is 0 Å². The van der Waals surface area contributed by atoms with E-state index in [1.807, 2.05) is 13.8 Å². The molecule has 7 nitrogen and oxygen atoms in total. The first-order valence-electron chi connectivity index (χ1n) is 7.69. The van der Waals surface area contributed by atoms with Gasteiger partial charge in [0.1, 0.15) is 5.69 Å². The molecule has 0 radical (unpaired) electrons. The Labute approximate surface area is 124 Å². The zero-order valence-electron chi connectivity index (χ0n) is 12.9. The third kappa shape index (κ3) is 2.50. The minimum absolute atomic E-state index is 0.0981. The number of rotatable bonds is 4. The molecule has 0 aromatic carbocycles. The average molecular weight is 293 g/mol. The van der Waals surface area contributed by atoms with E-state index in [1.165, 1.54) is 12.8 Å². The molecular weight excluding hydrogens is 270 g/mol. The zero-order valence-corrected chi connectivity index (χ0v) is 12.9. The fourth-order valence-electron chi connectivity index (χ4n) is 3.57. The van der Waals surface area contributed by atoms with Crippen molar-refractivity contribution in [3.05, 3.63) is 15.8 Å². The lowest BCUT2D eigenvalue weighted by atomic mass is 9.84. The van der Waals surface area contributed by atoms with Crippen molar-refractivity contribution in [2.45, 2.75) is 45.7 Å². The van der Waals surface area contributed by atoms with Crippen molar-refractivity contribution in [1.82, 2.24) is 14.7 Å². The van der Waals surface area contributed by atoms with Crippen LogP contribution in [0.15, 0.2) is 0 Å². The highest BCUT2D eigenvalue weighted by Crippen LogP contribution is 2.35. The van der Waals surface area contributed by atoms with Crippen LogP contribution >= 0.6 is 0 Å². The van der Waals surface area contributed by atoms with E-state index in [0.29, 0.717) is 23.5 Å². The molecule has 1 atom stereocenters. The van der Waals surface area contributed by atoms with Gasteiger partial charge in [-0.05, 0) is 52.6 Å². The Morgan fingerprint density at radius 3 is 2.52 bits per heavy atom. The standard InChI is InChI=1S/C14H23N5O2/c1-9(2)18-14(13(19(20)21)10(3)16-18)15-12-8-17-6-4-11(12)5-7-17/h9,11-12,15H,4-8H2,1-3H3. The van der Waals surface area contributed by atoms with Crippen molar-refractivity contribution >= 4 is 11.5 Å². The Kier molecular flexibility index (Phi) is 3.61. The molecule has 0 saturated carbocycles. The molecule has 0 spiro atoms. The quantitative estimate of drug-likeness (QED) is 0.680. The number of piperidine rings is 3. The summed E-state index contributed by atoms with van der Waals surface area (Å²) in [5, 5.41) is 19.2. The molecule has 21 heavy (non-hydrogen) atoms. The lowest BCUT2D eigenvalue weighted by Gasteiger charge is -2.45. The van der Waals surface area contributed by atoms with Gasteiger partial charge in [-0.3, -0.25) is 10.1 Å². The predicted molar refractivity (Wildman–Crippen MR) is 80.6 cm³/mol. The molecule has 3 saturated heterocycles. The van der Waals surface area contributed by atoms with Gasteiger partial charge in [0.05, 0.1) is 4.92 Å². The van der Waals surface area contributed by atoms with Crippen LogP contribution in [0.3, 0.4) is 0 Å². The number of nitrogens with one attached hydrogen (secondary N) is 1. The molecule has 3 aliphatic rings. The van der Waals surface area contributed by atoms with E-state index in [4.69, 9.17) is 0 Å². The van der Waals surface area contributed by atoms with E-state index >= 15 is 0 Å². The Morgan fingerprint density at radius 1 is 1.38 bits per heavy atom. The van der Waals surface area contributed by atoms with Crippen LogP contribution in [-0.2, 0) is 0 Å². The number of aromatic nitrogens is 2. The Morgan fingerprint density at radius 2 is 2.05 bits per heavy atom. The zero-order chi connectivity index (χ0) is 15.1. The third-order valence-corrected chi connectivity index (χ3v) is 4.70. The normalized spacial score (nSPS) is 28.1. The summed E-state index contributed by atoms with van der Waals surface area (Å²) in [5.74, 6) is 1.19. The van der Waals surface area contributed by atoms with E-state index in [9.17, 15) is 10.1 Å². The number of aryl methyl sites for hydroxylation is 1. The molecule has 4 rings (SSSR count). The molecule has 0 amide bonds.